The summed E-state index contributed by atoms with van der Waals surface area (Å²) >= 11 is 0. The molecule has 1 aliphatic heterocycles. The topological polar surface area (TPSA) is 113 Å². The maximum atomic E-state index is 13.5. The number of amides is 1. The number of carbonyl (C=O) groups excluding carboxylic acids is 1. The number of pyridine rings is 1. The smallest absolute Gasteiger partial charge is 0.292 e. The molecule has 30 heavy (non-hydrogen) atoms. The molecule has 9 nitrogen and oxygen atoms in total. The molecule has 154 valence electrons. The van der Waals surface area contributed by atoms with E-state index in [4.69, 9.17) is 9.52 Å². The molecule has 0 saturated heterocycles. The highest BCUT2D eigenvalue weighted by atomic mass is 16.4. The van der Waals surface area contributed by atoms with Gasteiger partial charge in [0.1, 0.15) is 11.6 Å². The molecule has 4 aromatic rings. The highest BCUT2D eigenvalue weighted by Crippen LogP contribution is 2.35. The van der Waals surface area contributed by atoms with E-state index in [0.717, 1.165) is 22.6 Å². The first kappa shape index (κ1) is 18.6. The molecule has 9 heteroatoms. The monoisotopic (exact) mass is 406 g/mol. The van der Waals surface area contributed by atoms with Gasteiger partial charge in [-0.2, -0.15) is 5.10 Å². The van der Waals surface area contributed by atoms with Gasteiger partial charge in [-0.25, -0.2) is 14.5 Å². The molecule has 5 rings (SSSR count). The lowest BCUT2D eigenvalue weighted by atomic mass is 9.99. The van der Waals surface area contributed by atoms with Crippen LogP contribution in [0.15, 0.2) is 41.2 Å². The molecule has 0 radical (unpaired) electrons. The minimum Gasteiger partial charge on any atom is -0.432 e. The van der Waals surface area contributed by atoms with Crippen LogP contribution in [0.4, 0.5) is 0 Å². The predicted molar refractivity (Wildman–Crippen MR) is 107 cm³/mol. The van der Waals surface area contributed by atoms with Crippen LogP contribution in [-0.2, 0) is 12.0 Å². The number of nitrogens with one attached hydrogen (secondary N) is 1. The Bertz CT molecular complexity index is 1210. The van der Waals surface area contributed by atoms with E-state index in [-0.39, 0.29) is 17.6 Å². The molecule has 1 atom stereocenters. The number of nitrogens with zero attached hydrogens (tertiary/aromatic N) is 5. The Morgan fingerprint density at radius 3 is 2.93 bits per heavy atom. The molecular weight excluding hydrogens is 384 g/mol. The fraction of sp³-hybridized carbons (Fsp3) is 0.333. The number of aliphatic hydroxyl groups is 1. The number of hydrogen-bond donors (Lipinski definition) is 2. The molecule has 5 heterocycles. The molecule has 2 N–H and O–H groups in total. The van der Waals surface area contributed by atoms with Gasteiger partial charge in [-0.15, -0.1) is 0 Å². The first-order chi connectivity index (χ1) is 14.3. The summed E-state index contributed by atoms with van der Waals surface area (Å²) in [5.41, 5.74) is 2.59. The lowest BCUT2D eigenvalue weighted by Crippen LogP contribution is -2.41. The van der Waals surface area contributed by atoms with Crippen molar-refractivity contribution in [2.75, 3.05) is 6.54 Å². The van der Waals surface area contributed by atoms with E-state index in [9.17, 15) is 9.90 Å². The fourth-order valence-electron chi connectivity index (χ4n) is 3.87. The summed E-state index contributed by atoms with van der Waals surface area (Å²) in [7, 11) is 0. The number of hydrogen-bond acceptors (Lipinski definition) is 6. The zero-order valence-corrected chi connectivity index (χ0v) is 17.0. The van der Waals surface area contributed by atoms with Crippen LogP contribution in [0, 0.1) is 6.92 Å². The van der Waals surface area contributed by atoms with Crippen LogP contribution in [0.25, 0.3) is 5.52 Å². The summed E-state index contributed by atoms with van der Waals surface area (Å²) in [5.74, 6) is -0.0591. The zero-order chi connectivity index (χ0) is 21.0. The molecule has 1 aliphatic rings. The van der Waals surface area contributed by atoms with Crippen LogP contribution in [-0.4, -0.2) is 47.0 Å². The average Bonchev–Trinajstić information content (AvgIpc) is 3.43. The molecule has 4 aromatic heterocycles. The van der Waals surface area contributed by atoms with Crippen LogP contribution < -0.4 is 0 Å². The van der Waals surface area contributed by atoms with Gasteiger partial charge in [0.2, 0.25) is 11.7 Å². The van der Waals surface area contributed by atoms with Gasteiger partial charge in [0.05, 0.1) is 28.9 Å². The Labute approximate surface area is 172 Å². The predicted octanol–water partition coefficient (Wildman–Crippen LogP) is 2.37. The number of aromatic amines is 1. The molecule has 0 saturated carbocycles. The van der Waals surface area contributed by atoms with Crippen molar-refractivity contribution >= 4 is 11.4 Å². The third kappa shape index (κ3) is 2.89. The number of fused-ring (bicyclic) bond motifs is 2. The third-order valence-electron chi connectivity index (χ3n) is 5.37. The lowest BCUT2D eigenvalue weighted by molar-refractivity contribution is 0.0440. The van der Waals surface area contributed by atoms with E-state index < -0.39 is 11.6 Å². The fourth-order valence-corrected chi connectivity index (χ4v) is 3.87. The van der Waals surface area contributed by atoms with Crippen molar-refractivity contribution in [2.24, 2.45) is 0 Å². The Morgan fingerprint density at radius 1 is 1.37 bits per heavy atom. The molecule has 0 aliphatic carbocycles. The minimum atomic E-state index is -1.28. The van der Waals surface area contributed by atoms with Gasteiger partial charge in [0, 0.05) is 24.9 Å². The maximum absolute atomic E-state index is 13.5. The summed E-state index contributed by atoms with van der Waals surface area (Å²) in [5, 5.41) is 14.9. The number of carbonyl (C=O) groups is 1. The van der Waals surface area contributed by atoms with Crippen LogP contribution in [0.1, 0.15) is 59.1 Å². The zero-order valence-electron chi connectivity index (χ0n) is 17.0. The number of imidazole rings is 1. The average molecular weight is 406 g/mol. The van der Waals surface area contributed by atoms with Gasteiger partial charge in [0.25, 0.3) is 5.91 Å². The Balaban J connectivity index is 1.60. The molecule has 0 bridgehead atoms. The van der Waals surface area contributed by atoms with Crippen LogP contribution >= 0.6 is 0 Å². The number of aryl methyl sites for hydroxylation is 1. The van der Waals surface area contributed by atoms with E-state index >= 15 is 0 Å². The van der Waals surface area contributed by atoms with Crippen molar-refractivity contribution in [1.29, 1.82) is 0 Å². The lowest BCUT2D eigenvalue weighted by Gasteiger charge is -2.33. The summed E-state index contributed by atoms with van der Waals surface area (Å²) in [4.78, 5) is 27.2. The van der Waals surface area contributed by atoms with Crippen LogP contribution in [0.3, 0.4) is 0 Å². The second-order valence-corrected chi connectivity index (χ2v) is 8.05. The van der Waals surface area contributed by atoms with E-state index in [1.54, 1.807) is 36.5 Å². The van der Waals surface area contributed by atoms with Crippen molar-refractivity contribution < 1.29 is 14.3 Å². The summed E-state index contributed by atoms with van der Waals surface area (Å²) in [6, 6.07) is 7.32. The van der Waals surface area contributed by atoms with Gasteiger partial charge in [0.15, 0.2) is 0 Å². The quantitative estimate of drug-likeness (QED) is 0.540. The highest BCUT2D eigenvalue weighted by Gasteiger charge is 2.38. The summed E-state index contributed by atoms with van der Waals surface area (Å²) in [6.07, 6.45) is 4.17. The number of H-pyrrole nitrogens is 1. The normalized spacial score (nSPS) is 16.8. The third-order valence-corrected chi connectivity index (χ3v) is 5.37. The van der Waals surface area contributed by atoms with E-state index in [1.807, 2.05) is 30.5 Å². The van der Waals surface area contributed by atoms with Crippen molar-refractivity contribution in [3.8, 4) is 0 Å². The van der Waals surface area contributed by atoms with Crippen LogP contribution in [0.2, 0.25) is 0 Å². The van der Waals surface area contributed by atoms with Crippen LogP contribution in [0.5, 0.6) is 0 Å². The number of oxazole rings is 1. The minimum absolute atomic E-state index is 0.116. The highest BCUT2D eigenvalue weighted by molar-refractivity contribution is 5.93. The van der Waals surface area contributed by atoms with Gasteiger partial charge < -0.3 is 19.4 Å². The van der Waals surface area contributed by atoms with Gasteiger partial charge in [-0.05, 0) is 39.0 Å². The standard InChI is InChI=1S/C21H22N6O3/c1-12-18(30-20(24-12)21(2,3)29)19(28)26-9-7-14-16(23-11-22-14)17(26)15-10-13-6-4-5-8-27(13)25-15/h4-6,8,10-11,17,29H,7,9H2,1-3H3,(H,22,23). The first-order valence-electron chi connectivity index (χ1n) is 9.80. The van der Waals surface area contributed by atoms with E-state index in [2.05, 4.69) is 15.0 Å². The largest absolute Gasteiger partial charge is 0.432 e. The summed E-state index contributed by atoms with van der Waals surface area (Å²) in [6.45, 7) is 5.33. The Kier molecular flexibility index (Phi) is 4.04. The summed E-state index contributed by atoms with van der Waals surface area (Å²) < 4.78 is 7.48. The van der Waals surface area contributed by atoms with E-state index in [1.165, 1.54) is 0 Å². The maximum Gasteiger partial charge on any atom is 0.292 e. The molecule has 1 amide bonds. The van der Waals surface area contributed by atoms with Gasteiger partial charge in [-0.3, -0.25) is 4.79 Å². The van der Waals surface area contributed by atoms with Crippen molar-refractivity contribution in [3.05, 3.63) is 71.2 Å². The first-order valence-corrected chi connectivity index (χ1v) is 9.80. The molecule has 0 spiro atoms. The van der Waals surface area contributed by atoms with Crippen molar-refractivity contribution in [2.45, 2.75) is 38.8 Å². The Hall–Kier alpha value is -3.46. The molecule has 0 aromatic carbocycles. The van der Waals surface area contributed by atoms with E-state index in [0.29, 0.717) is 18.7 Å². The molecule has 1 unspecified atom stereocenters. The number of aromatic nitrogens is 5. The van der Waals surface area contributed by atoms with Gasteiger partial charge in [-0.1, -0.05) is 6.07 Å². The second-order valence-electron chi connectivity index (χ2n) is 8.05. The van der Waals surface area contributed by atoms with Gasteiger partial charge >= 0.3 is 0 Å². The van der Waals surface area contributed by atoms with Crippen molar-refractivity contribution in [1.82, 2.24) is 29.5 Å². The molecule has 0 fully saturated rings. The molecular formula is C21H22N6O3. The number of rotatable bonds is 3. The Morgan fingerprint density at radius 2 is 2.20 bits per heavy atom. The second kappa shape index (κ2) is 6.53. The SMILES string of the molecule is Cc1nc(C(C)(C)O)oc1C(=O)N1CCc2[nH]cnc2C1c1cc2ccccn2n1. The van der Waals surface area contributed by atoms with Crippen molar-refractivity contribution in [3.63, 3.8) is 0 Å².